The molecule has 134 valence electrons. The van der Waals surface area contributed by atoms with Crippen LogP contribution in [0.3, 0.4) is 0 Å². The van der Waals surface area contributed by atoms with Crippen LogP contribution in [-0.4, -0.2) is 29.9 Å². The van der Waals surface area contributed by atoms with E-state index in [1.54, 1.807) is 0 Å². The van der Waals surface area contributed by atoms with Crippen LogP contribution in [0.2, 0.25) is 0 Å². The van der Waals surface area contributed by atoms with Gasteiger partial charge in [-0.2, -0.15) is 0 Å². The lowest BCUT2D eigenvalue weighted by atomic mass is 9.72. The van der Waals surface area contributed by atoms with Crippen LogP contribution >= 0.6 is 0 Å². The van der Waals surface area contributed by atoms with Crippen molar-refractivity contribution >= 4 is 0 Å². The fourth-order valence-electron chi connectivity index (χ4n) is 4.28. The Labute approximate surface area is 146 Å². The summed E-state index contributed by atoms with van der Waals surface area (Å²) in [5.74, 6) is 0.991. The highest BCUT2D eigenvalue weighted by Gasteiger charge is 2.39. The Hall–Kier alpha value is -1.06. The standard InChI is InChI=1S/C21H33NO2/c1-20(2,3)22-14-17(23)15-24-19-9-7-8-16-12-21(13-18(16)19)10-5-4-6-11-21/h7-9,17,22-23H,4-6,10-15H2,1-3H3. The summed E-state index contributed by atoms with van der Waals surface area (Å²) in [6.45, 7) is 7.23. The summed E-state index contributed by atoms with van der Waals surface area (Å²) in [4.78, 5) is 0. The third-order valence-corrected chi connectivity index (χ3v) is 5.56. The smallest absolute Gasteiger partial charge is 0.122 e. The molecule has 1 unspecified atom stereocenters. The minimum atomic E-state index is -0.481. The molecular weight excluding hydrogens is 298 g/mol. The molecule has 0 bridgehead atoms. The lowest BCUT2D eigenvalue weighted by Crippen LogP contribution is -2.42. The zero-order chi connectivity index (χ0) is 17.2. The van der Waals surface area contributed by atoms with Crippen LogP contribution in [0.1, 0.15) is 64.0 Å². The second kappa shape index (κ2) is 7.05. The third-order valence-electron chi connectivity index (χ3n) is 5.56. The quantitative estimate of drug-likeness (QED) is 0.861. The van der Waals surface area contributed by atoms with Crippen molar-refractivity contribution < 1.29 is 9.84 Å². The Morgan fingerprint density at radius 1 is 1.17 bits per heavy atom. The fraction of sp³-hybridized carbons (Fsp3) is 0.714. The van der Waals surface area contributed by atoms with Gasteiger partial charge < -0.3 is 15.2 Å². The van der Waals surface area contributed by atoms with Gasteiger partial charge in [0.15, 0.2) is 0 Å². The molecule has 2 aliphatic carbocycles. The van der Waals surface area contributed by atoms with Gasteiger partial charge >= 0.3 is 0 Å². The highest BCUT2D eigenvalue weighted by atomic mass is 16.5. The molecule has 2 aliphatic rings. The summed E-state index contributed by atoms with van der Waals surface area (Å²) in [5.41, 5.74) is 3.38. The first-order valence-electron chi connectivity index (χ1n) is 9.54. The zero-order valence-electron chi connectivity index (χ0n) is 15.5. The molecule has 1 spiro atoms. The van der Waals surface area contributed by atoms with Crippen LogP contribution in [0.5, 0.6) is 5.75 Å². The van der Waals surface area contributed by atoms with Crippen molar-refractivity contribution in [2.45, 2.75) is 77.4 Å². The fourth-order valence-corrected chi connectivity index (χ4v) is 4.28. The number of fused-ring (bicyclic) bond motifs is 1. The molecule has 2 N–H and O–H groups in total. The van der Waals surface area contributed by atoms with Crippen LogP contribution in [0.15, 0.2) is 18.2 Å². The molecule has 1 saturated carbocycles. The van der Waals surface area contributed by atoms with Gasteiger partial charge in [0.05, 0.1) is 0 Å². The normalized spacial score (nSPS) is 20.8. The Bertz CT molecular complexity index is 555. The van der Waals surface area contributed by atoms with E-state index >= 15 is 0 Å². The minimum absolute atomic E-state index is 0.0162. The number of β-amino-alcohol motifs (C(OH)–C–C–N with tert-alkyl or cyclic N) is 1. The predicted molar refractivity (Wildman–Crippen MR) is 98.6 cm³/mol. The molecule has 1 aromatic carbocycles. The average Bonchev–Trinajstić information content (AvgIpc) is 2.88. The molecule has 1 atom stereocenters. The largest absolute Gasteiger partial charge is 0.491 e. The second-order valence-electron chi connectivity index (χ2n) is 8.90. The van der Waals surface area contributed by atoms with Gasteiger partial charge in [-0.05, 0) is 69.1 Å². The summed E-state index contributed by atoms with van der Waals surface area (Å²) in [6, 6.07) is 6.45. The van der Waals surface area contributed by atoms with Crippen LogP contribution in [-0.2, 0) is 12.8 Å². The van der Waals surface area contributed by atoms with Crippen LogP contribution < -0.4 is 10.1 Å². The van der Waals surface area contributed by atoms with E-state index < -0.39 is 6.10 Å². The average molecular weight is 332 g/mol. The molecule has 3 rings (SSSR count). The number of aliphatic hydroxyl groups excluding tert-OH is 1. The van der Waals surface area contributed by atoms with Gasteiger partial charge in [-0.25, -0.2) is 0 Å². The van der Waals surface area contributed by atoms with Gasteiger partial charge in [0.1, 0.15) is 18.5 Å². The van der Waals surface area contributed by atoms with Crippen molar-refractivity contribution in [2.24, 2.45) is 5.41 Å². The van der Waals surface area contributed by atoms with Gasteiger partial charge in [0.2, 0.25) is 0 Å². The highest BCUT2D eigenvalue weighted by Crippen LogP contribution is 2.49. The van der Waals surface area contributed by atoms with Gasteiger partial charge in [-0.15, -0.1) is 0 Å². The van der Waals surface area contributed by atoms with Gasteiger partial charge in [0, 0.05) is 12.1 Å². The van der Waals surface area contributed by atoms with E-state index in [1.807, 2.05) is 0 Å². The molecule has 0 amide bonds. The number of nitrogens with one attached hydrogen (secondary N) is 1. The number of hydrogen-bond donors (Lipinski definition) is 2. The molecule has 3 nitrogen and oxygen atoms in total. The maximum absolute atomic E-state index is 10.2. The molecule has 1 fully saturated rings. The summed E-state index contributed by atoms with van der Waals surface area (Å²) in [5, 5.41) is 13.5. The number of ether oxygens (including phenoxy) is 1. The van der Waals surface area contributed by atoms with E-state index in [2.05, 4.69) is 44.3 Å². The first-order chi connectivity index (χ1) is 11.4. The van der Waals surface area contributed by atoms with Crippen molar-refractivity contribution in [1.82, 2.24) is 5.32 Å². The molecule has 1 aromatic rings. The Morgan fingerprint density at radius 2 is 1.92 bits per heavy atom. The van der Waals surface area contributed by atoms with Crippen LogP contribution in [0.4, 0.5) is 0 Å². The van der Waals surface area contributed by atoms with Crippen molar-refractivity contribution in [3.8, 4) is 5.75 Å². The Kier molecular flexibility index (Phi) is 5.22. The van der Waals surface area contributed by atoms with E-state index in [1.165, 1.54) is 49.7 Å². The topological polar surface area (TPSA) is 41.5 Å². The first-order valence-corrected chi connectivity index (χ1v) is 9.54. The molecule has 0 radical (unpaired) electrons. The van der Waals surface area contributed by atoms with Crippen LogP contribution in [0.25, 0.3) is 0 Å². The molecule has 24 heavy (non-hydrogen) atoms. The lowest BCUT2D eigenvalue weighted by Gasteiger charge is -2.33. The van der Waals surface area contributed by atoms with E-state index in [0.717, 1.165) is 12.2 Å². The van der Waals surface area contributed by atoms with Crippen molar-refractivity contribution in [1.29, 1.82) is 0 Å². The van der Waals surface area contributed by atoms with Gasteiger partial charge in [0.25, 0.3) is 0 Å². The predicted octanol–water partition coefficient (Wildman–Crippen LogP) is 3.86. The molecule has 3 heteroatoms. The molecule has 0 saturated heterocycles. The second-order valence-corrected chi connectivity index (χ2v) is 8.90. The zero-order valence-corrected chi connectivity index (χ0v) is 15.5. The Morgan fingerprint density at radius 3 is 2.62 bits per heavy atom. The first kappa shape index (κ1) is 17.8. The Balaban J connectivity index is 1.60. The number of aliphatic hydroxyl groups is 1. The summed E-state index contributed by atoms with van der Waals surface area (Å²) >= 11 is 0. The van der Waals surface area contributed by atoms with Gasteiger partial charge in [-0.3, -0.25) is 0 Å². The van der Waals surface area contributed by atoms with E-state index in [0.29, 0.717) is 18.6 Å². The summed E-state index contributed by atoms with van der Waals surface area (Å²) in [7, 11) is 0. The van der Waals surface area contributed by atoms with Gasteiger partial charge in [-0.1, -0.05) is 31.4 Å². The molecule has 0 aliphatic heterocycles. The number of rotatable bonds is 5. The van der Waals surface area contributed by atoms with Crippen LogP contribution in [0, 0.1) is 5.41 Å². The maximum atomic E-state index is 10.2. The van der Waals surface area contributed by atoms with Crippen molar-refractivity contribution in [3.05, 3.63) is 29.3 Å². The van der Waals surface area contributed by atoms with E-state index in [-0.39, 0.29) is 5.54 Å². The molecule has 0 heterocycles. The minimum Gasteiger partial charge on any atom is -0.491 e. The lowest BCUT2D eigenvalue weighted by molar-refractivity contribution is 0.0992. The molecule has 0 aromatic heterocycles. The summed E-state index contributed by atoms with van der Waals surface area (Å²) < 4.78 is 6.02. The number of benzene rings is 1. The highest BCUT2D eigenvalue weighted by molar-refractivity contribution is 5.45. The monoisotopic (exact) mass is 331 g/mol. The third kappa shape index (κ3) is 4.31. The van der Waals surface area contributed by atoms with Crippen molar-refractivity contribution in [2.75, 3.05) is 13.2 Å². The number of hydrogen-bond acceptors (Lipinski definition) is 3. The summed E-state index contributed by atoms with van der Waals surface area (Å²) in [6.07, 6.45) is 8.77. The molecular formula is C21H33NO2. The van der Waals surface area contributed by atoms with E-state index in [9.17, 15) is 5.11 Å². The van der Waals surface area contributed by atoms with E-state index in [4.69, 9.17) is 4.74 Å². The van der Waals surface area contributed by atoms with Crippen molar-refractivity contribution in [3.63, 3.8) is 0 Å². The maximum Gasteiger partial charge on any atom is 0.122 e. The SMILES string of the molecule is CC(C)(C)NCC(O)COc1cccc2c1CC1(CCCCC1)C2.